The minimum Gasteiger partial charge on any atom is -0.352 e. The van der Waals surface area contributed by atoms with Crippen LogP contribution >= 0.6 is 0 Å². The fourth-order valence-electron chi connectivity index (χ4n) is 3.78. The predicted molar refractivity (Wildman–Crippen MR) is 109 cm³/mol. The second-order valence-corrected chi connectivity index (χ2v) is 6.94. The summed E-state index contributed by atoms with van der Waals surface area (Å²) in [6.45, 7) is 2.94. The highest BCUT2D eigenvalue weighted by Gasteiger charge is 2.18. The van der Waals surface area contributed by atoms with Crippen LogP contribution in [0.1, 0.15) is 30.9 Å². The summed E-state index contributed by atoms with van der Waals surface area (Å²) >= 11 is 0. The van der Waals surface area contributed by atoms with Crippen LogP contribution in [-0.2, 0) is 19.9 Å². The number of rotatable bonds is 6. The van der Waals surface area contributed by atoms with Crippen LogP contribution in [0.15, 0.2) is 42.5 Å². The third-order valence-corrected chi connectivity index (χ3v) is 5.27. The number of para-hydroxylation sites is 2. The number of aromatic amines is 1. The average Bonchev–Trinajstić information content (AvgIpc) is 3.19. The summed E-state index contributed by atoms with van der Waals surface area (Å²) in [5.74, 6) is 1.00. The Bertz CT molecular complexity index is 1050. The Morgan fingerprint density at radius 3 is 2.73 bits per heavy atom. The van der Waals surface area contributed by atoms with E-state index in [0.717, 1.165) is 54.8 Å². The van der Waals surface area contributed by atoms with Gasteiger partial charge in [-0.15, -0.1) is 0 Å². The first-order valence-electron chi connectivity index (χ1n) is 9.48. The highest BCUT2D eigenvalue weighted by Crippen LogP contribution is 2.33. The number of aryl methyl sites for hydroxylation is 3. The molecule has 0 atom stereocenters. The highest BCUT2D eigenvalue weighted by atomic mass is 15.1. The first kappa shape index (κ1) is 16.9. The molecule has 3 N–H and O–H groups in total. The molecule has 2 heterocycles. The smallest absolute Gasteiger partial charge is 0.157 e. The van der Waals surface area contributed by atoms with Gasteiger partial charge in [0.1, 0.15) is 0 Å². The highest BCUT2D eigenvalue weighted by molar-refractivity contribution is 5.92. The third kappa shape index (κ3) is 2.80. The lowest BCUT2D eigenvalue weighted by atomic mass is 10.0. The topological polar surface area (TPSA) is 59.6 Å². The van der Waals surface area contributed by atoms with E-state index in [1.807, 2.05) is 6.07 Å². The Morgan fingerprint density at radius 2 is 1.96 bits per heavy atom. The van der Waals surface area contributed by atoms with Gasteiger partial charge in [0.05, 0.1) is 16.7 Å². The lowest BCUT2D eigenvalue weighted by Gasteiger charge is -2.06. The van der Waals surface area contributed by atoms with Gasteiger partial charge in [-0.3, -0.25) is 0 Å². The fraction of sp³-hybridized carbons (Fsp3) is 0.318. The molecule has 0 fully saturated rings. The van der Waals surface area contributed by atoms with Crippen molar-refractivity contribution in [3.8, 4) is 11.5 Å². The van der Waals surface area contributed by atoms with Gasteiger partial charge in [0.25, 0.3) is 0 Å². The molecule has 4 rings (SSSR count). The Balaban J connectivity index is 1.92. The van der Waals surface area contributed by atoms with Gasteiger partial charge >= 0.3 is 0 Å². The molecule has 0 amide bonds. The van der Waals surface area contributed by atoms with Gasteiger partial charge in [0, 0.05) is 18.0 Å². The van der Waals surface area contributed by atoms with E-state index in [9.17, 15) is 0 Å². The van der Waals surface area contributed by atoms with Crippen LogP contribution in [0.3, 0.4) is 0 Å². The van der Waals surface area contributed by atoms with Crippen molar-refractivity contribution in [3.63, 3.8) is 0 Å². The maximum Gasteiger partial charge on any atom is 0.157 e. The number of unbranched alkanes of at least 4 members (excludes halogenated alkanes) is 1. The Hall–Kier alpha value is -2.59. The fourth-order valence-corrected chi connectivity index (χ4v) is 3.78. The van der Waals surface area contributed by atoms with Crippen molar-refractivity contribution in [1.82, 2.24) is 14.5 Å². The van der Waals surface area contributed by atoms with Gasteiger partial charge in [0.15, 0.2) is 5.82 Å². The molecular weight excluding hydrogens is 320 g/mol. The summed E-state index contributed by atoms with van der Waals surface area (Å²) in [5, 5.41) is 1.32. The zero-order chi connectivity index (χ0) is 18.1. The van der Waals surface area contributed by atoms with Gasteiger partial charge in [-0.25, -0.2) is 4.98 Å². The minimum absolute atomic E-state index is 0.740. The summed E-state index contributed by atoms with van der Waals surface area (Å²) in [7, 11) is 2.09. The van der Waals surface area contributed by atoms with Gasteiger partial charge < -0.3 is 15.3 Å². The van der Waals surface area contributed by atoms with Crippen LogP contribution < -0.4 is 5.73 Å². The molecule has 0 bridgehead atoms. The maximum absolute atomic E-state index is 5.73. The quantitative estimate of drug-likeness (QED) is 0.503. The van der Waals surface area contributed by atoms with Gasteiger partial charge in [0.2, 0.25) is 0 Å². The molecule has 0 aliphatic carbocycles. The molecule has 134 valence electrons. The van der Waals surface area contributed by atoms with Crippen molar-refractivity contribution >= 4 is 21.9 Å². The number of fused-ring (bicyclic) bond motifs is 2. The van der Waals surface area contributed by atoms with E-state index < -0.39 is 0 Å². The molecule has 4 nitrogen and oxygen atoms in total. The SMILES string of the molecule is CCc1ccc2[nH]c(-c3nc4ccccc4n3C)c(CCCCN)c2c1. The number of hydrogen-bond donors (Lipinski definition) is 2. The van der Waals surface area contributed by atoms with E-state index in [2.05, 4.69) is 59.9 Å². The lowest BCUT2D eigenvalue weighted by molar-refractivity contribution is 0.747. The molecule has 4 heteroatoms. The van der Waals surface area contributed by atoms with Crippen LogP contribution in [0.5, 0.6) is 0 Å². The molecule has 4 aromatic rings. The van der Waals surface area contributed by atoms with Crippen LogP contribution in [0, 0.1) is 0 Å². The Morgan fingerprint density at radius 1 is 1.12 bits per heavy atom. The van der Waals surface area contributed by atoms with E-state index >= 15 is 0 Å². The van der Waals surface area contributed by atoms with Gasteiger partial charge in [-0.2, -0.15) is 0 Å². The van der Waals surface area contributed by atoms with Gasteiger partial charge in [-0.1, -0.05) is 25.1 Å². The van der Waals surface area contributed by atoms with Crippen molar-refractivity contribution in [2.45, 2.75) is 32.6 Å². The van der Waals surface area contributed by atoms with Crippen LogP contribution in [0.25, 0.3) is 33.5 Å². The second kappa shape index (κ2) is 6.96. The monoisotopic (exact) mass is 346 g/mol. The molecule has 0 radical (unpaired) electrons. The summed E-state index contributed by atoms with van der Waals surface area (Å²) in [6, 6.07) is 15.0. The number of imidazole rings is 1. The molecule has 0 spiro atoms. The lowest BCUT2D eigenvalue weighted by Crippen LogP contribution is -2.00. The number of H-pyrrole nitrogens is 1. The van der Waals surface area contributed by atoms with Crippen molar-refractivity contribution in [2.75, 3.05) is 6.54 Å². The summed E-state index contributed by atoms with van der Waals surface area (Å²) < 4.78 is 2.19. The van der Waals surface area contributed by atoms with E-state index in [1.165, 1.54) is 22.0 Å². The molecule has 0 aliphatic heterocycles. The molecule has 0 aliphatic rings. The maximum atomic E-state index is 5.73. The molecule has 0 saturated heterocycles. The van der Waals surface area contributed by atoms with E-state index in [-0.39, 0.29) is 0 Å². The molecule has 2 aromatic carbocycles. The minimum atomic E-state index is 0.740. The molecule has 0 unspecified atom stereocenters. The third-order valence-electron chi connectivity index (χ3n) is 5.27. The first-order chi connectivity index (χ1) is 12.7. The molecule has 0 saturated carbocycles. The standard InChI is InChI=1S/C22H26N4/c1-3-15-11-12-18-17(14-15)16(8-6-7-13-23)21(24-18)22-25-19-9-4-5-10-20(19)26(22)2/h4-5,9-12,14,24H,3,6-8,13,23H2,1-2H3. The van der Waals surface area contributed by atoms with Crippen molar-refractivity contribution < 1.29 is 0 Å². The normalized spacial score (nSPS) is 11.7. The number of benzene rings is 2. The predicted octanol–water partition coefficient (Wildman–Crippen LogP) is 4.57. The van der Waals surface area contributed by atoms with E-state index in [1.54, 1.807) is 0 Å². The van der Waals surface area contributed by atoms with Crippen molar-refractivity contribution in [2.24, 2.45) is 12.8 Å². The first-order valence-corrected chi connectivity index (χ1v) is 9.48. The number of nitrogens with zero attached hydrogens (tertiary/aromatic N) is 2. The Kier molecular flexibility index (Phi) is 4.51. The number of aromatic nitrogens is 3. The summed E-state index contributed by atoms with van der Waals surface area (Å²) in [4.78, 5) is 8.56. The number of nitrogens with two attached hydrogens (primary N) is 1. The second-order valence-electron chi connectivity index (χ2n) is 6.94. The van der Waals surface area contributed by atoms with Crippen LogP contribution in [0.4, 0.5) is 0 Å². The van der Waals surface area contributed by atoms with Crippen LogP contribution in [-0.4, -0.2) is 21.1 Å². The van der Waals surface area contributed by atoms with E-state index in [4.69, 9.17) is 10.7 Å². The number of nitrogens with one attached hydrogen (secondary N) is 1. The molecular formula is C22H26N4. The zero-order valence-electron chi connectivity index (χ0n) is 15.5. The zero-order valence-corrected chi connectivity index (χ0v) is 15.5. The average molecular weight is 346 g/mol. The molecule has 2 aromatic heterocycles. The summed E-state index contributed by atoms with van der Waals surface area (Å²) in [6.07, 6.45) is 4.20. The summed E-state index contributed by atoms with van der Waals surface area (Å²) in [5.41, 5.74) is 13.0. The van der Waals surface area contributed by atoms with Crippen molar-refractivity contribution in [1.29, 1.82) is 0 Å². The Labute approximate surface area is 154 Å². The van der Waals surface area contributed by atoms with Crippen LogP contribution in [0.2, 0.25) is 0 Å². The molecule has 26 heavy (non-hydrogen) atoms. The number of hydrogen-bond acceptors (Lipinski definition) is 2. The van der Waals surface area contributed by atoms with Crippen molar-refractivity contribution in [3.05, 3.63) is 53.6 Å². The largest absolute Gasteiger partial charge is 0.352 e. The van der Waals surface area contributed by atoms with E-state index in [0.29, 0.717) is 0 Å². The van der Waals surface area contributed by atoms with Gasteiger partial charge in [-0.05, 0) is 67.6 Å².